The number of anilines is 1. The molecule has 2 aromatic rings. The van der Waals surface area contributed by atoms with Crippen LogP contribution in [0.15, 0.2) is 35.4 Å². The minimum absolute atomic E-state index is 0.0129. The van der Waals surface area contributed by atoms with Gasteiger partial charge in [0.15, 0.2) is 0 Å². The van der Waals surface area contributed by atoms with Gasteiger partial charge in [-0.05, 0) is 31.0 Å². The number of methoxy groups -OCH3 is 1. The topological polar surface area (TPSA) is 56.1 Å². The standard InChI is InChI=1S/C16H19N3O2S/c1-21-12-5-4-6-13(9-12)22-11-16(20)18-15-10-17-14-7-2-3-8-19(14)15/h4-6,9-10H,2-3,7-8,11H2,1H3,(H,18,20). The van der Waals surface area contributed by atoms with Crippen molar-refractivity contribution in [3.05, 3.63) is 36.3 Å². The number of rotatable bonds is 5. The number of imidazole rings is 1. The molecule has 1 amide bonds. The van der Waals surface area contributed by atoms with E-state index in [1.54, 1.807) is 13.3 Å². The van der Waals surface area contributed by atoms with Gasteiger partial charge < -0.3 is 14.6 Å². The summed E-state index contributed by atoms with van der Waals surface area (Å²) >= 11 is 1.50. The Morgan fingerprint density at radius 3 is 3.23 bits per heavy atom. The van der Waals surface area contributed by atoms with Gasteiger partial charge in [0.1, 0.15) is 17.4 Å². The Balaban J connectivity index is 1.57. The van der Waals surface area contributed by atoms with Gasteiger partial charge in [-0.2, -0.15) is 0 Å². The highest BCUT2D eigenvalue weighted by atomic mass is 32.2. The molecule has 5 nitrogen and oxygen atoms in total. The zero-order valence-corrected chi connectivity index (χ0v) is 13.4. The fourth-order valence-electron chi connectivity index (χ4n) is 2.53. The largest absolute Gasteiger partial charge is 0.497 e. The average molecular weight is 317 g/mol. The molecule has 22 heavy (non-hydrogen) atoms. The maximum Gasteiger partial charge on any atom is 0.235 e. The number of fused-ring (bicyclic) bond motifs is 1. The smallest absolute Gasteiger partial charge is 0.235 e. The molecule has 1 aliphatic heterocycles. The van der Waals surface area contributed by atoms with E-state index in [4.69, 9.17) is 4.74 Å². The first-order valence-corrected chi connectivity index (χ1v) is 8.36. The first-order valence-electron chi connectivity index (χ1n) is 7.37. The van der Waals surface area contributed by atoms with Gasteiger partial charge in [0, 0.05) is 17.9 Å². The van der Waals surface area contributed by atoms with Crippen LogP contribution in [0.4, 0.5) is 5.82 Å². The summed E-state index contributed by atoms with van der Waals surface area (Å²) in [5.74, 6) is 3.04. The van der Waals surface area contributed by atoms with Gasteiger partial charge in [-0.25, -0.2) is 4.98 Å². The number of aryl methyl sites for hydroxylation is 1. The van der Waals surface area contributed by atoms with Crippen LogP contribution in [0.5, 0.6) is 5.75 Å². The Morgan fingerprint density at radius 1 is 1.45 bits per heavy atom. The van der Waals surface area contributed by atoms with E-state index in [0.29, 0.717) is 5.75 Å². The lowest BCUT2D eigenvalue weighted by Gasteiger charge is -2.16. The molecule has 0 fully saturated rings. The number of carbonyl (C=O) groups excluding carboxylic acids is 1. The van der Waals surface area contributed by atoms with E-state index in [0.717, 1.165) is 41.7 Å². The van der Waals surface area contributed by atoms with Crippen molar-refractivity contribution in [2.45, 2.75) is 30.7 Å². The van der Waals surface area contributed by atoms with Crippen LogP contribution in [-0.4, -0.2) is 28.3 Å². The molecule has 6 heteroatoms. The van der Waals surface area contributed by atoms with Crippen LogP contribution in [0.2, 0.25) is 0 Å². The fraction of sp³-hybridized carbons (Fsp3) is 0.375. The Hall–Kier alpha value is -1.95. The molecule has 1 N–H and O–H groups in total. The second kappa shape index (κ2) is 6.87. The molecular formula is C16H19N3O2S. The van der Waals surface area contributed by atoms with Crippen LogP contribution in [0.1, 0.15) is 18.7 Å². The summed E-state index contributed by atoms with van der Waals surface area (Å²) in [6.07, 6.45) is 5.07. The van der Waals surface area contributed by atoms with Crippen molar-refractivity contribution >= 4 is 23.5 Å². The second-order valence-electron chi connectivity index (χ2n) is 5.18. The fourth-order valence-corrected chi connectivity index (χ4v) is 3.28. The lowest BCUT2D eigenvalue weighted by Crippen LogP contribution is -2.19. The van der Waals surface area contributed by atoms with Crippen molar-refractivity contribution in [1.29, 1.82) is 0 Å². The number of hydrogen-bond donors (Lipinski definition) is 1. The highest BCUT2D eigenvalue weighted by Gasteiger charge is 2.15. The highest BCUT2D eigenvalue weighted by Crippen LogP contribution is 2.23. The zero-order valence-electron chi connectivity index (χ0n) is 12.5. The van der Waals surface area contributed by atoms with Crippen molar-refractivity contribution in [3.63, 3.8) is 0 Å². The minimum Gasteiger partial charge on any atom is -0.497 e. The predicted octanol–water partition coefficient (Wildman–Crippen LogP) is 2.96. The molecule has 0 unspecified atom stereocenters. The maximum atomic E-state index is 12.1. The molecule has 0 saturated carbocycles. The molecule has 1 aromatic carbocycles. The van der Waals surface area contributed by atoms with Gasteiger partial charge in [0.05, 0.1) is 19.1 Å². The van der Waals surface area contributed by atoms with E-state index in [9.17, 15) is 4.79 Å². The number of aromatic nitrogens is 2. The number of benzene rings is 1. The first-order chi connectivity index (χ1) is 10.8. The molecular weight excluding hydrogens is 298 g/mol. The summed E-state index contributed by atoms with van der Waals surface area (Å²) in [5.41, 5.74) is 0. The van der Waals surface area contributed by atoms with Gasteiger partial charge in [0.25, 0.3) is 0 Å². The second-order valence-corrected chi connectivity index (χ2v) is 6.23. The maximum absolute atomic E-state index is 12.1. The number of thioether (sulfide) groups is 1. The number of nitrogens with zero attached hydrogens (tertiary/aromatic N) is 2. The molecule has 0 aliphatic carbocycles. The van der Waals surface area contributed by atoms with Crippen LogP contribution in [0.3, 0.4) is 0 Å². The Morgan fingerprint density at radius 2 is 2.36 bits per heavy atom. The van der Waals surface area contributed by atoms with Gasteiger partial charge in [0.2, 0.25) is 5.91 Å². The molecule has 0 spiro atoms. The van der Waals surface area contributed by atoms with E-state index in [1.807, 2.05) is 24.3 Å². The van der Waals surface area contributed by atoms with Crippen molar-refractivity contribution in [1.82, 2.24) is 9.55 Å². The van der Waals surface area contributed by atoms with E-state index in [-0.39, 0.29) is 5.91 Å². The molecule has 3 rings (SSSR count). The number of carbonyl (C=O) groups is 1. The van der Waals surface area contributed by atoms with Gasteiger partial charge in [-0.3, -0.25) is 4.79 Å². The van der Waals surface area contributed by atoms with Crippen LogP contribution in [-0.2, 0) is 17.8 Å². The van der Waals surface area contributed by atoms with Crippen molar-refractivity contribution < 1.29 is 9.53 Å². The summed E-state index contributed by atoms with van der Waals surface area (Å²) < 4.78 is 7.29. The Kier molecular flexibility index (Phi) is 4.68. The molecule has 0 radical (unpaired) electrons. The summed E-state index contributed by atoms with van der Waals surface area (Å²) in [5, 5.41) is 2.96. The third-order valence-corrected chi connectivity index (χ3v) is 4.64. The SMILES string of the molecule is COc1cccc(SCC(=O)Nc2cnc3n2CCCC3)c1. The Bertz CT molecular complexity index is 669. The van der Waals surface area contributed by atoms with Crippen LogP contribution < -0.4 is 10.1 Å². The van der Waals surface area contributed by atoms with Crippen LogP contribution in [0, 0.1) is 0 Å². The molecule has 0 bridgehead atoms. The number of ether oxygens (including phenoxy) is 1. The van der Waals surface area contributed by atoms with Crippen molar-refractivity contribution in [2.75, 3.05) is 18.2 Å². The molecule has 116 valence electrons. The minimum atomic E-state index is -0.0129. The molecule has 0 saturated heterocycles. The first kappa shape index (κ1) is 15.0. The quantitative estimate of drug-likeness (QED) is 0.862. The van der Waals surface area contributed by atoms with Crippen molar-refractivity contribution in [2.24, 2.45) is 0 Å². The average Bonchev–Trinajstić information content (AvgIpc) is 2.96. The molecule has 0 atom stereocenters. The zero-order chi connectivity index (χ0) is 15.4. The van der Waals surface area contributed by atoms with E-state index in [2.05, 4.69) is 14.9 Å². The normalized spacial score (nSPS) is 13.5. The molecule has 1 aliphatic rings. The predicted molar refractivity (Wildman–Crippen MR) is 87.5 cm³/mol. The number of amides is 1. The summed E-state index contributed by atoms with van der Waals surface area (Å²) in [6.45, 7) is 0.938. The highest BCUT2D eigenvalue weighted by molar-refractivity contribution is 8.00. The summed E-state index contributed by atoms with van der Waals surface area (Å²) in [4.78, 5) is 17.5. The van der Waals surface area contributed by atoms with Gasteiger partial charge in [-0.15, -0.1) is 11.8 Å². The third-order valence-electron chi connectivity index (χ3n) is 3.65. The van der Waals surface area contributed by atoms with E-state index >= 15 is 0 Å². The van der Waals surface area contributed by atoms with Gasteiger partial charge in [-0.1, -0.05) is 6.07 Å². The molecule has 2 heterocycles. The van der Waals surface area contributed by atoms with E-state index < -0.39 is 0 Å². The Labute approximate surface area is 134 Å². The monoisotopic (exact) mass is 317 g/mol. The van der Waals surface area contributed by atoms with Crippen LogP contribution >= 0.6 is 11.8 Å². The molecule has 1 aromatic heterocycles. The summed E-state index contributed by atoms with van der Waals surface area (Å²) in [7, 11) is 1.64. The summed E-state index contributed by atoms with van der Waals surface area (Å²) in [6, 6.07) is 7.72. The van der Waals surface area contributed by atoms with E-state index in [1.165, 1.54) is 18.2 Å². The van der Waals surface area contributed by atoms with Gasteiger partial charge >= 0.3 is 0 Å². The van der Waals surface area contributed by atoms with Crippen LogP contribution in [0.25, 0.3) is 0 Å². The lowest BCUT2D eigenvalue weighted by molar-refractivity contribution is -0.113. The number of hydrogen-bond acceptors (Lipinski definition) is 4. The number of nitrogens with one attached hydrogen (secondary N) is 1. The third kappa shape index (κ3) is 3.44. The lowest BCUT2D eigenvalue weighted by atomic mass is 10.2. The van der Waals surface area contributed by atoms with Crippen molar-refractivity contribution in [3.8, 4) is 5.75 Å².